The molecule has 0 amide bonds. The number of ether oxygens (including phenoxy) is 8. The fraction of sp³-hybridized carbons (Fsp3) is 1.00. The monoisotopic (exact) mass is 498 g/mol. The van der Waals surface area contributed by atoms with Crippen molar-refractivity contribution in [3.05, 3.63) is 0 Å². The Balaban J connectivity index is 1.25. The molecule has 5 aliphatic heterocycles. The van der Waals surface area contributed by atoms with Crippen molar-refractivity contribution in [1.82, 2.24) is 0 Å². The fourth-order valence-electron chi connectivity index (χ4n) is 6.50. The zero-order valence-corrected chi connectivity index (χ0v) is 22.6. The molecule has 8 nitrogen and oxygen atoms in total. The van der Waals surface area contributed by atoms with Crippen molar-refractivity contribution < 1.29 is 37.9 Å². The van der Waals surface area contributed by atoms with Crippen molar-refractivity contribution in [2.45, 2.75) is 124 Å². The summed E-state index contributed by atoms with van der Waals surface area (Å²) in [5.41, 5.74) is 0. The zero-order chi connectivity index (χ0) is 25.0. The Labute approximate surface area is 210 Å². The summed E-state index contributed by atoms with van der Waals surface area (Å²) < 4.78 is 50.1. The maximum atomic E-state index is 6.74. The van der Waals surface area contributed by atoms with E-state index in [2.05, 4.69) is 48.5 Å². The van der Waals surface area contributed by atoms with E-state index >= 15 is 0 Å². The Morgan fingerprint density at radius 3 is 1.97 bits per heavy atom. The Bertz CT molecular complexity index is 717. The second-order valence-corrected chi connectivity index (χ2v) is 11.7. The lowest BCUT2D eigenvalue weighted by Gasteiger charge is -2.51. The molecule has 0 spiro atoms. The molecule has 8 heteroatoms. The molecule has 0 aromatic heterocycles. The highest BCUT2D eigenvalue weighted by molar-refractivity contribution is 4.94. The van der Waals surface area contributed by atoms with Crippen LogP contribution in [-0.4, -0.2) is 75.0 Å². The molecule has 0 N–H and O–H groups in total. The summed E-state index contributed by atoms with van der Waals surface area (Å²) in [5.74, 6) is 1.55. The smallest absolute Gasteiger partial charge is 0.161 e. The van der Waals surface area contributed by atoms with Crippen LogP contribution in [0.25, 0.3) is 0 Å². The maximum Gasteiger partial charge on any atom is 0.161 e. The second kappa shape index (κ2) is 10.4. The number of fused-ring (bicyclic) bond motifs is 3. The Kier molecular flexibility index (Phi) is 7.85. The largest absolute Gasteiger partial charge is 0.350 e. The van der Waals surface area contributed by atoms with Crippen LogP contribution >= 0.6 is 0 Å². The maximum absolute atomic E-state index is 6.74. The van der Waals surface area contributed by atoms with Crippen LogP contribution in [0.2, 0.25) is 0 Å². The molecule has 0 saturated carbocycles. The van der Waals surface area contributed by atoms with Crippen molar-refractivity contribution in [2.75, 3.05) is 13.2 Å². The molecule has 0 aromatic rings. The minimum atomic E-state index is -0.318. The minimum Gasteiger partial charge on any atom is -0.350 e. The highest BCUT2D eigenvalue weighted by Gasteiger charge is 2.52. The molecular formula is C27H46O8. The predicted molar refractivity (Wildman–Crippen MR) is 127 cm³/mol. The van der Waals surface area contributed by atoms with Gasteiger partial charge in [-0.25, -0.2) is 0 Å². The van der Waals surface area contributed by atoms with Gasteiger partial charge < -0.3 is 37.9 Å². The first kappa shape index (κ1) is 26.3. The molecule has 16 atom stereocenters. The molecule has 0 radical (unpaired) electrons. The first-order valence-electron chi connectivity index (χ1n) is 13.9. The van der Waals surface area contributed by atoms with Gasteiger partial charge in [0.25, 0.3) is 0 Å². The van der Waals surface area contributed by atoms with Gasteiger partial charge in [-0.1, -0.05) is 48.5 Å². The van der Waals surface area contributed by atoms with Crippen molar-refractivity contribution >= 4 is 0 Å². The van der Waals surface area contributed by atoms with Crippen LogP contribution in [0, 0.1) is 35.5 Å². The van der Waals surface area contributed by atoms with E-state index in [1.807, 2.05) is 6.92 Å². The third kappa shape index (κ3) is 4.83. The van der Waals surface area contributed by atoms with E-state index in [1.165, 1.54) is 0 Å². The molecule has 5 rings (SSSR count). The number of hydrogen-bond acceptors (Lipinski definition) is 8. The quantitative estimate of drug-likeness (QED) is 0.564. The predicted octanol–water partition coefficient (Wildman–Crippen LogP) is 3.95. The Morgan fingerprint density at radius 2 is 1.23 bits per heavy atom. The van der Waals surface area contributed by atoms with E-state index in [0.29, 0.717) is 31.0 Å². The first-order chi connectivity index (χ1) is 16.7. The van der Waals surface area contributed by atoms with Crippen LogP contribution in [0.3, 0.4) is 0 Å². The van der Waals surface area contributed by atoms with Gasteiger partial charge in [0.05, 0.1) is 37.6 Å². The lowest BCUT2D eigenvalue weighted by molar-refractivity contribution is -0.364. The van der Waals surface area contributed by atoms with E-state index in [-0.39, 0.29) is 79.5 Å². The average Bonchev–Trinajstić information content (AvgIpc) is 3.30. The molecule has 5 heterocycles. The van der Waals surface area contributed by atoms with Gasteiger partial charge in [-0.3, -0.25) is 0 Å². The van der Waals surface area contributed by atoms with E-state index in [9.17, 15) is 0 Å². The third-order valence-corrected chi connectivity index (χ3v) is 9.61. The van der Waals surface area contributed by atoms with E-state index in [4.69, 9.17) is 37.9 Å². The third-order valence-electron chi connectivity index (χ3n) is 9.61. The summed E-state index contributed by atoms with van der Waals surface area (Å²) >= 11 is 0. The summed E-state index contributed by atoms with van der Waals surface area (Å²) in [6.45, 7) is 18.5. The lowest BCUT2D eigenvalue weighted by atomic mass is 9.81. The SMILES string of the molecule is CCC1O[C@@H](O[C@H]2C(C)C(C)[C@@H]3OC[C@@H]2O3)C(C)[C@@H](C)[C@H]1O[C@@H]1OC2COC(C)O[C@@H]2[C@H](C)C1C. The van der Waals surface area contributed by atoms with Gasteiger partial charge in [0, 0.05) is 17.8 Å². The van der Waals surface area contributed by atoms with Gasteiger partial charge in [0.2, 0.25) is 0 Å². The molecule has 202 valence electrons. The molecule has 0 aliphatic carbocycles. The Morgan fingerprint density at radius 1 is 0.600 bits per heavy atom. The Hall–Kier alpha value is -0.320. The van der Waals surface area contributed by atoms with Gasteiger partial charge in [0.15, 0.2) is 25.2 Å². The molecule has 7 unspecified atom stereocenters. The standard InChI is InChI=1S/C27H46O8/c1-9-19-22(34-27-17(7)14(4)23-20(33-27)10-28-18(8)30-23)13(3)16(6)26(31-19)35-24-12(2)15(5)25-29-11-21(24)32-25/h12-27H,9-11H2,1-8H3/t12?,13-,14-,15?,16?,17?,18?,19?,20?,21+,22-,23-,24+,25-,26+,27+/m1/s1. The summed E-state index contributed by atoms with van der Waals surface area (Å²) in [5, 5.41) is 0. The molecule has 35 heavy (non-hydrogen) atoms. The fourth-order valence-corrected chi connectivity index (χ4v) is 6.50. The summed E-state index contributed by atoms with van der Waals surface area (Å²) in [4.78, 5) is 0. The lowest BCUT2D eigenvalue weighted by Crippen LogP contribution is -2.59. The van der Waals surface area contributed by atoms with Crippen molar-refractivity contribution in [1.29, 1.82) is 0 Å². The summed E-state index contributed by atoms with van der Waals surface area (Å²) in [6.07, 6.45) is -0.359. The molecule has 2 bridgehead atoms. The number of hydrogen-bond donors (Lipinski definition) is 0. The normalized spacial score (nSPS) is 56.6. The van der Waals surface area contributed by atoms with Crippen molar-refractivity contribution in [2.24, 2.45) is 35.5 Å². The molecule has 5 fully saturated rings. The van der Waals surface area contributed by atoms with Crippen LogP contribution in [0.15, 0.2) is 0 Å². The van der Waals surface area contributed by atoms with Crippen LogP contribution in [0.4, 0.5) is 0 Å². The topological polar surface area (TPSA) is 73.8 Å². The molecule has 5 saturated heterocycles. The average molecular weight is 499 g/mol. The number of rotatable bonds is 5. The van der Waals surface area contributed by atoms with E-state index < -0.39 is 0 Å². The first-order valence-corrected chi connectivity index (χ1v) is 13.9. The van der Waals surface area contributed by atoms with E-state index in [1.54, 1.807) is 0 Å². The van der Waals surface area contributed by atoms with Gasteiger partial charge in [0.1, 0.15) is 12.2 Å². The molecule has 0 aromatic carbocycles. The van der Waals surface area contributed by atoms with Crippen LogP contribution in [-0.2, 0) is 37.9 Å². The van der Waals surface area contributed by atoms with Crippen LogP contribution in [0.5, 0.6) is 0 Å². The van der Waals surface area contributed by atoms with Gasteiger partial charge >= 0.3 is 0 Å². The van der Waals surface area contributed by atoms with Gasteiger partial charge in [-0.2, -0.15) is 0 Å². The van der Waals surface area contributed by atoms with Crippen molar-refractivity contribution in [3.63, 3.8) is 0 Å². The summed E-state index contributed by atoms with van der Waals surface area (Å²) in [6, 6.07) is 0. The zero-order valence-electron chi connectivity index (χ0n) is 22.6. The van der Waals surface area contributed by atoms with Crippen molar-refractivity contribution in [3.8, 4) is 0 Å². The molecular weight excluding hydrogens is 452 g/mol. The van der Waals surface area contributed by atoms with Crippen LogP contribution < -0.4 is 0 Å². The molecule has 5 aliphatic rings. The summed E-state index contributed by atoms with van der Waals surface area (Å²) in [7, 11) is 0. The van der Waals surface area contributed by atoms with Gasteiger partial charge in [-0.05, 0) is 31.1 Å². The highest BCUT2D eigenvalue weighted by Crippen LogP contribution is 2.43. The van der Waals surface area contributed by atoms with Crippen LogP contribution in [0.1, 0.15) is 61.8 Å². The highest BCUT2D eigenvalue weighted by atomic mass is 16.8. The minimum absolute atomic E-state index is 0.0278. The van der Waals surface area contributed by atoms with E-state index in [0.717, 1.165) is 6.42 Å². The van der Waals surface area contributed by atoms with Gasteiger partial charge in [-0.15, -0.1) is 0 Å². The second-order valence-electron chi connectivity index (χ2n) is 11.7.